The Labute approximate surface area is 175 Å². The molecule has 2 aliphatic heterocycles. The van der Waals surface area contributed by atoms with Gasteiger partial charge >= 0.3 is 0 Å². The molecule has 3 aromatic rings. The van der Waals surface area contributed by atoms with Crippen LogP contribution in [0.1, 0.15) is 24.1 Å². The largest absolute Gasteiger partial charge is 0.488 e. The van der Waals surface area contributed by atoms with E-state index in [0.717, 1.165) is 52.3 Å². The van der Waals surface area contributed by atoms with Crippen molar-refractivity contribution < 1.29 is 14.6 Å². The fraction of sp³-hybridized carbons (Fsp3) is 0.333. The average Bonchev–Trinajstić information content (AvgIpc) is 2.74. The number of aliphatic hydroxyl groups is 1. The number of hydrogen-bond acceptors (Lipinski definition) is 5. The maximum atomic E-state index is 11.5. The van der Waals surface area contributed by atoms with Crippen molar-refractivity contribution >= 4 is 28.2 Å². The molecular formula is C24H25N3O3. The molecule has 1 saturated heterocycles. The number of nitrogens with zero attached hydrogens (tertiary/aromatic N) is 2. The van der Waals surface area contributed by atoms with Crippen LogP contribution in [0.3, 0.4) is 0 Å². The molecule has 3 heterocycles. The van der Waals surface area contributed by atoms with Crippen molar-refractivity contribution in [2.24, 2.45) is 0 Å². The topological polar surface area (TPSA) is 74.7 Å². The predicted molar refractivity (Wildman–Crippen MR) is 117 cm³/mol. The van der Waals surface area contributed by atoms with Crippen LogP contribution in [-0.4, -0.2) is 41.3 Å². The van der Waals surface area contributed by atoms with Crippen LogP contribution in [0.5, 0.6) is 5.75 Å². The standard InChI is InChI=1S/C24H25N3O3/c1-15-12-21(18-4-2-3-5-20(18)25-15)27-11-10-23(22(28)14-27)30-17-7-8-19-16(13-17)6-9-24(29)26-19/h2-5,7-8,12-13,22-23,28H,6,9-11,14H2,1H3,(H,26,29)/t22-,23-/m1/s1. The van der Waals surface area contributed by atoms with E-state index in [9.17, 15) is 9.90 Å². The van der Waals surface area contributed by atoms with Gasteiger partial charge in [-0.2, -0.15) is 0 Å². The molecule has 6 heteroatoms. The van der Waals surface area contributed by atoms with Crippen molar-refractivity contribution in [3.8, 4) is 5.75 Å². The van der Waals surface area contributed by atoms with Crippen molar-refractivity contribution in [2.45, 2.75) is 38.4 Å². The van der Waals surface area contributed by atoms with E-state index in [1.54, 1.807) is 0 Å². The van der Waals surface area contributed by atoms with E-state index in [1.165, 1.54) is 0 Å². The van der Waals surface area contributed by atoms with Crippen LogP contribution >= 0.6 is 0 Å². The molecular weight excluding hydrogens is 378 g/mol. The molecule has 0 spiro atoms. The zero-order valence-electron chi connectivity index (χ0n) is 17.0. The van der Waals surface area contributed by atoms with Crippen molar-refractivity contribution in [1.82, 2.24) is 4.98 Å². The summed E-state index contributed by atoms with van der Waals surface area (Å²) in [6, 6.07) is 15.9. The highest BCUT2D eigenvalue weighted by atomic mass is 16.5. The Bertz CT molecular complexity index is 1110. The van der Waals surface area contributed by atoms with E-state index in [1.807, 2.05) is 43.3 Å². The molecule has 0 aliphatic carbocycles. The van der Waals surface area contributed by atoms with E-state index in [4.69, 9.17) is 4.74 Å². The molecule has 2 aliphatic rings. The zero-order chi connectivity index (χ0) is 20.7. The van der Waals surface area contributed by atoms with Crippen LogP contribution in [0, 0.1) is 6.92 Å². The number of amides is 1. The Morgan fingerprint density at radius 3 is 2.90 bits per heavy atom. The summed E-state index contributed by atoms with van der Waals surface area (Å²) in [5.74, 6) is 0.797. The number of carbonyl (C=O) groups excluding carboxylic acids is 1. The number of benzene rings is 2. The highest BCUT2D eigenvalue weighted by Crippen LogP contribution is 2.31. The third-order valence-electron chi connectivity index (χ3n) is 5.94. The number of nitrogens with one attached hydrogen (secondary N) is 1. The van der Waals surface area contributed by atoms with Crippen molar-refractivity contribution in [2.75, 3.05) is 23.3 Å². The summed E-state index contributed by atoms with van der Waals surface area (Å²) in [6.45, 7) is 3.32. The summed E-state index contributed by atoms with van der Waals surface area (Å²) in [5, 5.41) is 14.8. The van der Waals surface area contributed by atoms with Gasteiger partial charge in [-0.05, 0) is 49.2 Å². The highest BCUT2D eigenvalue weighted by Gasteiger charge is 2.30. The maximum absolute atomic E-state index is 11.5. The number of hydrogen-bond donors (Lipinski definition) is 2. The lowest BCUT2D eigenvalue weighted by Crippen LogP contribution is -2.49. The monoisotopic (exact) mass is 403 g/mol. The van der Waals surface area contributed by atoms with Gasteiger partial charge in [-0.15, -0.1) is 0 Å². The number of fused-ring (bicyclic) bond motifs is 2. The summed E-state index contributed by atoms with van der Waals surface area (Å²) in [4.78, 5) is 18.4. The lowest BCUT2D eigenvalue weighted by Gasteiger charge is -2.38. The van der Waals surface area contributed by atoms with Gasteiger partial charge in [0.15, 0.2) is 0 Å². The number of rotatable bonds is 3. The van der Waals surface area contributed by atoms with Gasteiger partial charge < -0.3 is 20.1 Å². The van der Waals surface area contributed by atoms with E-state index in [2.05, 4.69) is 27.3 Å². The Balaban J connectivity index is 1.32. The first kappa shape index (κ1) is 18.9. The normalized spacial score (nSPS) is 21.3. The number of piperidine rings is 1. The molecule has 0 saturated carbocycles. The summed E-state index contributed by atoms with van der Waals surface area (Å²) in [5.41, 5.74) is 4.99. The molecule has 0 bridgehead atoms. The molecule has 1 amide bonds. The number of aryl methyl sites for hydroxylation is 2. The van der Waals surface area contributed by atoms with Gasteiger partial charge in [0.25, 0.3) is 0 Å². The molecule has 0 radical (unpaired) electrons. The Morgan fingerprint density at radius 2 is 2.03 bits per heavy atom. The number of para-hydroxylation sites is 1. The molecule has 154 valence electrons. The summed E-state index contributed by atoms with van der Waals surface area (Å²) >= 11 is 0. The molecule has 1 fully saturated rings. The second-order valence-electron chi connectivity index (χ2n) is 8.13. The average molecular weight is 403 g/mol. The third-order valence-corrected chi connectivity index (χ3v) is 5.94. The Morgan fingerprint density at radius 1 is 1.17 bits per heavy atom. The van der Waals surface area contributed by atoms with Crippen molar-refractivity contribution in [3.63, 3.8) is 0 Å². The van der Waals surface area contributed by atoms with Crippen LogP contribution in [0.15, 0.2) is 48.5 Å². The van der Waals surface area contributed by atoms with E-state index in [0.29, 0.717) is 19.4 Å². The van der Waals surface area contributed by atoms with E-state index >= 15 is 0 Å². The minimum Gasteiger partial charge on any atom is -0.488 e. The van der Waals surface area contributed by atoms with Gasteiger partial charge in [0.1, 0.15) is 18.0 Å². The minimum absolute atomic E-state index is 0.0536. The van der Waals surface area contributed by atoms with Crippen molar-refractivity contribution in [1.29, 1.82) is 0 Å². The van der Waals surface area contributed by atoms with Gasteiger partial charge in [0, 0.05) is 48.4 Å². The molecule has 2 aromatic carbocycles. The number of β-amino-alcohol motifs (C(OH)–C–C–N with tert-alkyl or cyclic N) is 1. The molecule has 2 N–H and O–H groups in total. The van der Waals surface area contributed by atoms with Crippen LogP contribution in [0.4, 0.5) is 11.4 Å². The number of aliphatic hydroxyl groups excluding tert-OH is 1. The van der Waals surface area contributed by atoms with Gasteiger partial charge in [0.2, 0.25) is 5.91 Å². The van der Waals surface area contributed by atoms with Crippen LogP contribution in [-0.2, 0) is 11.2 Å². The second-order valence-corrected chi connectivity index (χ2v) is 8.13. The predicted octanol–water partition coefficient (Wildman–Crippen LogP) is 3.45. The lowest BCUT2D eigenvalue weighted by atomic mass is 10.0. The van der Waals surface area contributed by atoms with E-state index in [-0.39, 0.29) is 12.0 Å². The first-order valence-corrected chi connectivity index (χ1v) is 10.5. The summed E-state index contributed by atoms with van der Waals surface area (Å²) in [6.07, 6.45) is 1.09. The molecule has 2 atom stereocenters. The van der Waals surface area contributed by atoms with E-state index < -0.39 is 6.10 Å². The summed E-state index contributed by atoms with van der Waals surface area (Å²) < 4.78 is 6.15. The highest BCUT2D eigenvalue weighted by molar-refractivity contribution is 5.94. The summed E-state index contributed by atoms with van der Waals surface area (Å²) in [7, 11) is 0. The van der Waals surface area contributed by atoms with Gasteiger partial charge in [-0.25, -0.2) is 0 Å². The smallest absolute Gasteiger partial charge is 0.224 e. The van der Waals surface area contributed by atoms with Gasteiger partial charge in [-0.3, -0.25) is 9.78 Å². The molecule has 5 rings (SSSR count). The third kappa shape index (κ3) is 3.59. The molecule has 6 nitrogen and oxygen atoms in total. The Kier molecular flexibility index (Phi) is 4.79. The zero-order valence-corrected chi connectivity index (χ0v) is 17.0. The molecule has 1 aromatic heterocycles. The Hall–Kier alpha value is -3.12. The molecule has 30 heavy (non-hydrogen) atoms. The SMILES string of the molecule is Cc1cc(N2CC[C@@H](Oc3ccc4c(c3)CCC(=O)N4)[C@H](O)C2)c2ccccc2n1. The van der Waals surface area contributed by atoms with Gasteiger partial charge in [0.05, 0.1) is 5.52 Å². The molecule has 0 unspecified atom stereocenters. The maximum Gasteiger partial charge on any atom is 0.224 e. The van der Waals surface area contributed by atoms with Crippen LogP contribution in [0.2, 0.25) is 0 Å². The number of pyridine rings is 1. The fourth-order valence-electron chi connectivity index (χ4n) is 4.42. The van der Waals surface area contributed by atoms with Crippen LogP contribution in [0.25, 0.3) is 10.9 Å². The number of carbonyl (C=O) groups is 1. The second kappa shape index (κ2) is 7.61. The van der Waals surface area contributed by atoms with Crippen molar-refractivity contribution in [3.05, 3.63) is 59.8 Å². The lowest BCUT2D eigenvalue weighted by molar-refractivity contribution is -0.116. The minimum atomic E-state index is -0.596. The first-order valence-electron chi connectivity index (χ1n) is 10.5. The fourth-order valence-corrected chi connectivity index (χ4v) is 4.42. The quantitative estimate of drug-likeness (QED) is 0.701. The number of anilines is 2. The van der Waals surface area contributed by atoms with Crippen LogP contribution < -0.4 is 15.0 Å². The first-order chi connectivity index (χ1) is 14.6. The number of ether oxygens (including phenoxy) is 1. The number of aromatic nitrogens is 1. The van der Waals surface area contributed by atoms with Gasteiger partial charge in [-0.1, -0.05) is 18.2 Å².